The number of nitrogens with one attached hydrogen (secondary N) is 1. The van der Waals surface area contributed by atoms with Gasteiger partial charge in [-0.05, 0) is 36.4 Å². The Labute approximate surface area is 126 Å². The number of halogens is 1. The van der Waals surface area contributed by atoms with E-state index in [0.29, 0.717) is 10.7 Å². The summed E-state index contributed by atoms with van der Waals surface area (Å²) in [6.07, 6.45) is 0. The lowest BCUT2D eigenvalue weighted by Crippen LogP contribution is -2.14. The fourth-order valence-corrected chi connectivity index (χ4v) is 1.93. The Morgan fingerprint density at radius 1 is 1.10 bits per heavy atom. The van der Waals surface area contributed by atoms with Crippen LogP contribution in [0.15, 0.2) is 36.4 Å². The second-order valence-corrected chi connectivity index (χ2v) is 4.61. The van der Waals surface area contributed by atoms with Crippen LogP contribution in [0.1, 0.15) is 21.5 Å². The molecule has 6 heteroatoms. The second-order valence-electron chi connectivity index (χ2n) is 4.17. The molecule has 0 unspecified atom stereocenters. The number of nitrogens with two attached hydrogens (primary N) is 1. The molecule has 0 bridgehead atoms. The van der Waals surface area contributed by atoms with Crippen LogP contribution in [0.3, 0.4) is 0 Å². The third kappa shape index (κ3) is 3.11. The standard InChI is InChI=1S/C15H9ClN4O/c16-11-2-4-13(14(19)6-11)15(21)20-12-3-1-9(7-17)10(5-12)8-18/h1-6H,19H2,(H,20,21). The molecule has 0 aliphatic heterocycles. The van der Waals surface area contributed by atoms with E-state index in [9.17, 15) is 4.79 Å². The molecule has 102 valence electrons. The molecule has 0 spiro atoms. The molecular formula is C15H9ClN4O. The van der Waals surface area contributed by atoms with Gasteiger partial charge in [-0.25, -0.2) is 0 Å². The first kappa shape index (κ1) is 14.4. The summed E-state index contributed by atoms with van der Waals surface area (Å²) < 4.78 is 0. The van der Waals surface area contributed by atoms with E-state index < -0.39 is 5.91 Å². The van der Waals surface area contributed by atoms with E-state index >= 15 is 0 Å². The monoisotopic (exact) mass is 296 g/mol. The maximum Gasteiger partial charge on any atom is 0.257 e. The summed E-state index contributed by atoms with van der Waals surface area (Å²) >= 11 is 5.78. The lowest BCUT2D eigenvalue weighted by molar-refractivity contribution is 0.102. The first-order valence-corrected chi connectivity index (χ1v) is 6.23. The molecule has 0 aliphatic rings. The number of carbonyl (C=O) groups is 1. The molecule has 0 heterocycles. The highest BCUT2D eigenvalue weighted by Gasteiger charge is 2.11. The lowest BCUT2D eigenvalue weighted by Gasteiger charge is -2.08. The van der Waals surface area contributed by atoms with E-state index in [0.717, 1.165) is 0 Å². The van der Waals surface area contributed by atoms with Crippen molar-refractivity contribution in [3.05, 3.63) is 58.1 Å². The molecule has 0 fully saturated rings. The van der Waals surface area contributed by atoms with E-state index in [2.05, 4.69) is 5.32 Å². The van der Waals surface area contributed by atoms with Crippen molar-refractivity contribution in [3.63, 3.8) is 0 Å². The van der Waals surface area contributed by atoms with Crippen LogP contribution in [0.2, 0.25) is 5.02 Å². The zero-order chi connectivity index (χ0) is 15.4. The number of rotatable bonds is 2. The number of carbonyl (C=O) groups excluding carboxylic acids is 1. The van der Waals surface area contributed by atoms with Crippen molar-refractivity contribution in [1.82, 2.24) is 0 Å². The van der Waals surface area contributed by atoms with Gasteiger partial charge in [-0.2, -0.15) is 10.5 Å². The van der Waals surface area contributed by atoms with E-state index in [4.69, 9.17) is 27.9 Å². The summed E-state index contributed by atoms with van der Waals surface area (Å²) in [5, 5.41) is 20.9. The Bertz CT molecular complexity index is 802. The molecule has 0 aliphatic carbocycles. The van der Waals surface area contributed by atoms with Gasteiger partial charge in [-0.3, -0.25) is 4.79 Å². The minimum Gasteiger partial charge on any atom is -0.398 e. The number of hydrogen-bond acceptors (Lipinski definition) is 4. The summed E-state index contributed by atoms with van der Waals surface area (Å²) in [6, 6.07) is 12.8. The van der Waals surface area contributed by atoms with Crippen molar-refractivity contribution in [2.24, 2.45) is 0 Å². The highest BCUT2D eigenvalue weighted by atomic mass is 35.5. The Morgan fingerprint density at radius 2 is 1.81 bits per heavy atom. The van der Waals surface area contributed by atoms with E-state index in [1.165, 1.54) is 24.3 Å². The predicted molar refractivity (Wildman–Crippen MR) is 79.7 cm³/mol. The van der Waals surface area contributed by atoms with Crippen LogP contribution in [0.4, 0.5) is 11.4 Å². The largest absolute Gasteiger partial charge is 0.398 e. The van der Waals surface area contributed by atoms with Crippen LogP contribution >= 0.6 is 11.6 Å². The highest BCUT2D eigenvalue weighted by molar-refractivity contribution is 6.31. The predicted octanol–water partition coefficient (Wildman–Crippen LogP) is 2.92. The van der Waals surface area contributed by atoms with E-state index in [-0.39, 0.29) is 22.4 Å². The first-order chi connectivity index (χ1) is 10.0. The Balaban J connectivity index is 2.28. The molecule has 1 amide bonds. The molecule has 2 aromatic rings. The fourth-order valence-electron chi connectivity index (χ4n) is 1.75. The maximum atomic E-state index is 12.1. The van der Waals surface area contributed by atoms with Gasteiger partial charge >= 0.3 is 0 Å². The molecular weight excluding hydrogens is 288 g/mol. The van der Waals surface area contributed by atoms with Crippen LogP contribution in [0.25, 0.3) is 0 Å². The number of nitriles is 2. The van der Waals surface area contributed by atoms with Crippen LogP contribution in [-0.2, 0) is 0 Å². The SMILES string of the molecule is N#Cc1ccc(NC(=O)c2ccc(Cl)cc2N)cc1C#N. The van der Waals surface area contributed by atoms with E-state index in [1.54, 1.807) is 12.1 Å². The van der Waals surface area contributed by atoms with Crippen molar-refractivity contribution >= 4 is 28.9 Å². The Hall–Kier alpha value is -3.02. The molecule has 5 nitrogen and oxygen atoms in total. The third-order valence-corrected chi connectivity index (χ3v) is 3.01. The average molecular weight is 297 g/mol. The number of amides is 1. The third-order valence-electron chi connectivity index (χ3n) is 2.78. The maximum absolute atomic E-state index is 12.1. The summed E-state index contributed by atoms with van der Waals surface area (Å²) in [5.41, 5.74) is 7.13. The number of anilines is 2. The van der Waals surface area contributed by atoms with Crippen LogP contribution < -0.4 is 11.1 Å². The minimum absolute atomic E-state index is 0.194. The zero-order valence-corrected chi connectivity index (χ0v) is 11.5. The van der Waals surface area contributed by atoms with Gasteiger partial charge < -0.3 is 11.1 Å². The van der Waals surface area contributed by atoms with Gasteiger partial charge in [0.15, 0.2) is 0 Å². The Kier molecular flexibility index (Phi) is 4.08. The molecule has 0 aromatic heterocycles. The number of benzene rings is 2. The zero-order valence-electron chi connectivity index (χ0n) is 10.7. The van der Waals surface area contributed by atoms with Gasteiger partial charge in [0.05, 0.1) is 16.7 Å². The molecule has 0 saturated heterocycles. The van der Waals surface area contributed by atoms with Gasteiger partial charge in [0.25, 0.3) is 5.91 Å². The van der Waals surface area contributed by atoms with Crippen LogP contribution in [0.5, 0.6) is 0 Å². The molecule has 3 N–H and O–H groups in total. The Morgan fingerprint density at radius 3 is 2.43 bits per heavy atom. The quantitative estimate of drug-likeness (QED) is 0.831. The normalized spacial score (nSPS) is 9.48. The molecule has 21 heavy (non-hydrogen) atoms. The topological polar surface area (TPSA) is 103 Å². The summed E-state index contributed by atoms with van der Waals surface area (Å²) in [4.78, 5) is 12.1. The molecule has 0 atom stereocenters. The highest BCUT2D eigenvalue weighted by Crippen LogP contribution is 2.20. The van der Waals surface area contributed by atoms with Crippen LogP contribution in [0, 0.1) is 22.7 Å². The number of nitrogens with zero attached hydrogens (tertiary/aromatic N) is 2. The van der Waals surface area contributed by atoms with Gasteiger partial charge in [0.1, 0.15) is 12.1 Å². The number of nitrogen functional groups attached to an aromatic ring is 1. The van der Waals surface area contributed by atoms with Crippen LogP contribution in [-0.4, -0.2) is 5.91 Å². The van der Waals surface area contributed by atoms with Gasteiger partial charge in [0, 0.05) is 16.4 Å². The van der Waals surface area contributed by atoms with Gasteiger partial charge in [-0.15, -0.1) is 0 Å². The summed E-state index contributed by atoms with van der Waals surface area (Å²) in [5.74, 6) is -0.419. The lowest BCUT2D eigenvalue weighted by atomic mass is 10.1. The first-order valence-electron chi connectivity index (χ1n) is 5.86. The van der Waals surface area contributed by atoms with Crippen molar-refractivity contribution in [1.29, 1.82) is 10.5 Å². The van der Waals surface area contributed by atoms with Gasteiger partial charge in [-0.1, -0.05) is 11.6 Å². The molecule has 2 aromatic carbocycles. The molecule has 0 radical (unpaired) electrons. The minimum atomic E-state index is -0.419. The van der Waals surface area contributed by atoms with Crippen molar-refractivity contribution in [2.45, 2.75) is 0 Å². The van der Waals surface area contributed by atoms with Crippen molar-refractivity contribution in [3.8, 4) is 12.1 Å². The summed E-state index contributed by atoms with van der Waals surface area (Å²) in [7, 11) is 0. The van der Waals surface area contributed by atoms with Crippen molar-refractivity contribution < 1.29 is 4.79 Å². The van der Waals surface area contributed by atoms with Crippen molar-refractivity contribution in [2.75, 3.05) is 11.1 Å². The molecule has 2 rings (SSSR count). The molecule has 0 saturated carbocycles. The van der Waals surface area contributed by atoms with Gasteiger partial charge in [0.2, 0.25) is 0 Å². The number of hydrogen-bond donors (Lipinski definition) is 2. The summed E-state index contributed by atoms with van der Waals surface area (Å²) in [6.45, 7) is 0. The fraction of sp³-hybridized carbons (Fsp3) is 0. The smallest absolute Gasteiger partial charge is 0.257 e. The average Bonchev–Trinajstić information content (AvgIpc) is 2.46. The van der Waals surface area contributed by atoms with E-state index in [1.807, 2.05) is 12.1 Å². The second kappa shape index (κ2) is 5.96.